The lowest BCUT2D eigenvalue weighted by atomic mass is 10.0. The minimum atomic E-state index is -0.545. The van der Waals surface area contributed by atoms with E-state index in [0.29, 0.717) is 12.2 Å². The maximum absolute atomic E-state index is 11.9. The molecule has 0 saturated heterocycles. The maximum atomic E-state index is 11.9. The number of carbonyl (C=O) groups is 1. The third-order valence-electron chi connectivity index (χ3n) is 3.53. The molecule has 0 aliphatic heterocycles. The Bertz CT molecular complexity index is 782. The zero-order chi connectivity index (χ0) is 17.5. The summed E-state index contributed by atoms with van der Waals surface area (Å²) < 4.78 is 5.93. The van der Waals surface area contributed by atoms with Crippen molar-refractivity contribution >= 4 is 18.3 Å². The van der Waals surface area contributed by atoms with Crippen LogP contribution in [0.2, 0.25) is 0 Å². The quantitative estimate of drug-likeness (QED) is 0.604. The van der Waals surface area contributed by atoms with Crippen molar-refractivity contribution in [2.45, 2.75) is 20.5 Å². The van der Waals surface area contributed by atoms with E-state index in [1.54, 1.807) is 6.07 Å². The van der Waals surface area contributed by atoms with E-state index >= 15 is 0 Å². The standard InChI is InChI=1S/C19H20N2O3/c1-13-9-10-14(2)17(11-13)24-12-15-7-5-6-8-16(15)18(21-23-4)19(22)20-3/h5-11H,3,12H2,1-2,4H3/b21-18-. The second-order valence-electron chi connectivity index (χ2n) is 5.30. The Balaban J connectivity index is 2.32. The van der Waals surface area contributed by atoms with Gasteiger partial charge in [-0.2, -0.15) is 0 Å². The topological polar surface area (TPSA) is 60.2 Å². The highest BCUT2D eigenvalue weighted by atomic mass is 16.6. The molecule has 2 aromatic rings. The molecule has 2 rings (SSSR count). The van der Waals surface area contributed by atoms with Crippen LogP contribution in [0.5, 0.6) is 5.75 Å². The smallest absolute Gasteiger partial charge is 0.299 e. The largest absolute Gasteiger partial charge is 0.489 e. The van der Waals surface area contributed by atoms with Gasteiger partial charge in [-0.3, -0.25) is 4.79 Å². The van der Waals surface area contributed by atoms with Crippen LogP contribution in [-0.2, 0) is 16.2 Å². The molecule has 0 bridgehead atoms. The lowest BCUT2D eigenvalue weighted by Crippen LogP contribution is -2.16. The van der Waals surface area contributed by atoms with E-state index in [0.717, 1.165) is 22.4 Å². The van der Waals surface area contributed by atoms with Gasteiger partial charge in [0.15, 0.2) is 5.71 Å². The van der Waals surface area contributed by atoms with Gasteiger partial charge in [0.1, 0.15) is 19.5 Å². The number of rotatable bonds is 6. The van der Waals surface area contributed by atoms with Crippen LogP contribution in [0.3, 0.4) is 0 Å². The van der Waals surface area contributed by atoms with Crippen molar-refractivity contribution in [1.29, 1.82) is 0 Å². The predicted molar refractivity (Wildman–Crippen MR) is 94.8 cm³/mol. The first-order valence-electron chi connectivity index (χ1n) is 7.47. The normalized spacial score (nSPS) is 11.0. The van der Waals surface area contributed by atoms with Gasteiger partial charge in [-0.25, -0.2) is 4.99 Å². The van der Waals surface area contributed by atoms with Crippen LogP contribution in [0.1, 0.15) is 22.3 Å². The average molecular weight is 324 g/mol. The fourth-order valence-corrected chi connectivity index (χ4v) is 2.27. The van der Waals surface area contributed by atoms with E-state index in [-0.39, 0.29) is 5.71 Å². The number of oxime groups is 1. The summed E-state index contributed by atoms with van der Waals surface area (Å²) in [5.74, 6) is 0.263. The molecule has 0 atom stereocenters. The highest BCUT2D eigenvalue weighted by Gasteiger charge is 2.17. The fraction of sp³-hybridized carbons (Fsp3) is 0.211. The van der Waals surface area contributed by atoms with Gasteiger partial charge in [0.25, 0.3) is 5.91 Å². The van der Waals surface area contributed by atoms with E-state index in [1.165, 1.54) is 7.11 Å². The molecule has 0 radical (unpaired) electrons. The maximum Gasteiger partial charge on any atom is 0.299 e. The molecule has 0 aromatic heterocycles. The second kappa shape index (κ2) is 8.06. The van der Waals surface area contributed by atoms with Gasteiger partial charge in [-0.1, -0.05) is 41.6 Å². The summed E-state index contributed by atoms with van der Waals surface area (Å²) in [5.41, 5.74) is 3.70. The van der Waals surface area contributed by atoms with Crippen molar-refractivity contribution in [3.8, 4) is 5.75 Å². The number of amides is 1. The summed E-state index contributed by atoms with van der Waals surface area (Å²) >= 11 is 0. The van der Waals surface area contributed by atoms with Crippen molar-refractivity contribution in [1.82, 2.24) is 0 Å². The van der Waals surface area contributed by atoms with Gasteiger partial charge >= 0.3 is 0 Å². The van der Waals surface area contributed by atoms with Gasteiger partial charge in [0.05, 0.1) is 0 Å². The predicted octanol–water partition coefficient (Wildman–Crippen LogP) is 3.46. The first kappa shape index (κ1) is 17.4. The molecule has 0 saturated carbocycles. The molecule has 0 unspecified atom stereocenters. The number of aliphatic imine (C=N–C) groups is 1. The van der Waals surface area contributed by atoms with Crippen LogP contribution in [0, 0.1) is 13.8 Å². The van der Waals surface area contributed by atoms with Gasteiger partial charge in [0, 0.05) is 5.56 Å². The Kier molecular flexibility index (Phi) is 5.84. The molecule has 5 heteroatoms. The fourth-order valence-electron chi connectivity index (χ4n) is 2.27. The summed E-state index contributed by atoms with van der Waals surface area (Å²) in [6.07, 6.45) is 0. The van der Waals surface area contributed by atoms with Gasteiger partial charge < -0.3 is 9.57 Å². The zero-order valence-corrected chi connectivity index (χ0v) is 14.1. The molecule has 2 aromatic carbocycles. The number of benzene rings is 2. The van der Waals surface area contributed by atoms with Crippen LogP contribution in [0.15, 0.2) is 52.6 Å². The van der Waals surface area contributed by atoms with E-state index < -0.39 is 5.91 Å². The third-order valence-corrected chi connectivity index (χ3v) is 3.53. The van der Waals surface area contributed by atoms with Crippen LogP contribution in [0.4, 0.5) is 0 Å². The van der Waals surface area contributed by atoms with Crippen molar-refractivity contribution in [3.05, 3.63) is 64.7 Å². The molecule has 124 valence electrons. The molecule has 0 aliphatic rings. The lowest BCUT2D eigenvalue weighted by molar-refractivity contribution is -0.111. The third kappa shape index (κ3) is 4.07. The van der Waals surface area contributed by atoms with Gasteiger partial charge in [-0.05, 0) is 43.3 Å². The van der Waals surface area contributed by atoms with E-state index in [4.69, 9.17) is 9.57 Å². The van der Waals surface area contributed by atoms with Crippen LogP contribution in [0.25, 0.3) is 0 Å². The summed E-state index contributed by atoms with van der Waals surface area (Å²) in [4.78, 5) is 20.1. The number of carbonyl (C=O) groups excluding carboxylic acids is 1. The minimum Gasteiger partial charge on any atom is -0.489 e. The second-order valence-corrected chi connectivity index (χ2v) is 5.30. The highest BCUT2D eigenvalue weighted by molar-refractivity contribution is 6.46. The molecule has 5 nitrogen and oxygen atoms in total. The molecule has 0 spiro atoms. The first-order valence-corrected chi connectivity index (χ1v) is 7.47. The van der Waals surface area contributed by atoms with Crippen LogP contribution in [-0.4, -0.2) is 25.4 Å². The van der Waals surface area contributed by atoms with Gasteiger partial charge in [0.2, 0.25) is 0 Å². The number of hydrogen-bond donors (Lipinski definition) is 0. The first-order chi connectivity index (χ1) is 11.6. The molecule has 0 fully saturated rings. The average Bonchev–Trinajstić information content (AvgIpc) is 2.60. The summed E-state index contributed by atoms with van der Waals surface area (Å²) in [6, 6.07) is 13.4. The van der Waals surface area contributed by atoms with Crippen LogP contribution < -0.4 is 4.74 Å². The Labute approximate surface area is 141 Å². The molecule has 0 heterocycles. The van der Waals surface area contributed by atoms with Crippen molar-refractivity contribution in [2.24, 2.45) is 10.1 Å². The zero-order valence-electron chi connectivity index (χ0n) is 14.1. The summed E-state index contributed by atoms with van der Waals surface area (Å²) in [5, 5.41) is 3.79. The SMILES string of the molecule is C=NC(=O)/C(=N\OC)c1ccccc1COc1cc(C)ccc1C. The molecule has 24 heavy (non-hydrogen) atoms. The van der Waals surface area contributed by atoms with E-state index in [9.17, 15) is 4.79 Å². The Morgan fingerprint density at radius 3 is 2.62 bits per heavy atom. The minimum absolute atomic E-state index is 0.104. The van der Waals surface area contributed by atoms with Crippen LogP contribution >= 0.6 is 0 Å². The lowest BCUT2D eigenvalue weighted by Gasteiger charge is -2.13. The monoisotopic (exact) mass is 324 g/mol. The molecular weight excluding hydrogens is 304 g/mol. The number of ether oxygens (including phenoxy) is 1. The number of hydrogen-bond acceptors (Lipinski definition) is 4. The summed E-state index contributed by atoms with van der Waals surface area (Å²) in [7, 11) is 1.38. The van der Waals surface area contributed by atoms with E-state index in [2.05, 4.69) is 16.9 Å². The molecule has 0 N–H and O–H groups in total. The number of aryl methyl sites for hydroxylation is 2. The molecular formula is C19H20N2O3. The Morgan fingerprint density at radius 1 is 1.17 bits per heavy atom. The molecule has 0 aliphatic carbocycles. The van der Waals surface area contributed by atoms with Crippen molar-refractivity contribution in [2.75, 3.05) is 7.11 Å². The highest BCUT2D eigenvalue weighted by Crippen LogP contribution is 2.21. The Hall–Kier alpha value is -2.95. The van der Waals surface area contributed by atoms with E-state index in [1.807, 2.05) is 50.2 Å². The summed E-state index contributed by atoms with van der Waals surface area (Å²) in [6.45, 7) is 7.57. The van der Waals surface area contributed by atoms with Crippen molar-refractivity contribution in [3.63, 3.8) is 0 Å². The van der Waals surface area contributed by atoms with Gasteiger partial charge in [-0.15, -0.1) is 0 Å². The Morgan fingerprint density at radius 2 is 1.92 bits per heavy atom. The number of nitrogens with zero attached hydrogens (tertiary/aromatic N) is 2. The molecule has 1 amide bonds. The van der Waals surface area contributed by atoms with Crippen molar-refractivity contribution < 1.29 is 14.4 Å².